The van der Waals surface area contributed by atoms with Gasteiger partial charge >= 0.3 is 0 Å². The average molecular weight is 286 g/mol. The maximum Gasteiger partial charge on any atom is 0.0483 e. The number of rotatable bonds is 2. The van der Waals surface area contributed by atoms with Crippen molar-refractivity contribution in [2.24, 2.45) is 0 Å². The number of unbranched alkanes of at least 4 members (excludes halogenated alkanes) is 1. The molecule has 0 spiro atoms. The van der Waals surface area contributed by atoms with E-state index in [0.29, 0.717) is 6.61 Å². The van der Waals surface area contributed by atoms with E-state index in [4.69, 9.17) is 15.3 Å². The molecule has 0 atom stereocenters. The Morgan fingerprint density at radius 3 is 1.14 bits per heavy atom. The van der Waals surface area contributed by atoms with Gasteiger partial charge in [-0.15, -0.1) is 0 Å². The van der Waals surface area contributed by atoms with Gasteiger partial charge in [0.1, 0.15) is 0 Å². The summed E-state index contributed by atoms with van der Waals surface area (Å²) < 4.78 is 0. The van der Waals surface area contributed by atoms with Crippen molar-refractivity contribution in [1.82, 2.24) is 0 Å². The minimum atomic E-state index is -0.167. The van der Waals surface area contributed by atoms with Crippen LogP contribution >= 0.6 is 0 Å². The predicted molar refractivity (Wildman–Crippen MR) is 56.7 cm³/mol. The molecular weight excluding hydrogens is 259 g/mol. The third-order valence-corrected chi connectivity index (χ3v) is 0.512. The van der Waals surface area contributed by atoms with E-state index in [2.05, 4.69) is 6.92 Å². The summed E-state index contributed by atoms with van der Waals surface area (Å²) >= 11 is 0. The third-order valence-electron chi connectivity index (χ3n) is 0.512. The molecule has 4 heteroatoms. The standard InChI is InChI=1S/C4H10O.2C3H8O.Zr/c1-2-3-4-5;2*1-3(2)4;/h5H,2-4H2,1H3;2*3-4H,1-2H3;. The fourth-order valence-corrected chi connectivity index (χ4v) is 0.158. The van der Waals surface area contributed by atoms with Crippen LogP contribution in [0.25, 0.3) is 0 Å². The Bertz CT molecular complexity index is 54.9. The molecule has 14 heavy (non-hydrogen) atoms. The van der Waals surface area contributed by atoms with Crippen LogP contribution in [-0.4, -0.2) is 34.1 Å². The normalized spacial score (nSPS) is 8.14. The van der Waals surface area contributed by atoms with Gasteiger partial charge in [-0.3, -0.25) is 0 Å². The minimum Gasteiger partial charge on any atom is -0.396 e. The molecule has 88 valence electrons. The Morgan fingerprint density at radius 2 is 1.14 bits per heavy atom. The van der Waals surface area contributed by atoms with E-state index >= 15 is 0 Å². The van der Waals surface area contributed by atoms with Crippen LogP contribution in [0.5, 0.6) is 0 Å². The molecule has 0 bridgehead atoms. The zero-order valence-corrected chi connectivity index (χ0v) is 12.6. The van der Waals surface area contributed by atoms with Crippen LogP contribution < -0.4 is 0 Å². The van der Waals surface area contributed by atoms with E-state index in [1.165, 1.54) is 0 Å². The molecule has 0 unspecified atom stereocenters. The van der Waals surface area contributed by atoms with Crippen molar-refractivity contribution >= 4 is 0 Å². The Labute approximate surface area is 108 Å². The second-order valence-corrected chi connectivity index (χ2v) is 3.26. The van der Waals surface area contributed by atoms with Crippen LogP contribution in [0.4, 0.5) is 0 Å². The summed E-state index contributed by atoms with van der Waals surface area (Å²) in [7, 11) is 0. The third kappa shape index (κ3) is 231. The van der Waals surface area contributed by atoms with Crippen molar-refractivity contribution in [2.45, 2.75) is 59.7 Å². The number of aliphatic hydroxyl groups excluding tert-OH is 3. The average Bonchev–Trinajstić information content (AvgIpc) is 1.86. The number of hydrogen-bond acceptors (Lipinski definition) is 3. The molecule has 3 N–H and O–H groups in total. The van der Waals surface area contributed by atoms with Crippen molar-refractivity contribution in [3.05, 3.63) is 0 Å². The molecule has 0 aromatic carbocycles. The molecule has 0 saturated heterocycles. The van der Waals surface area contributed by atoms with E-state index in [1.807, 2.05) is 0 Å². The molecule has 0 rings (SSSR count). The molecule has 0 aromatic rings. The Hall–Kier alpha value is 0.763. The van der Waals surface area contributed by atoms with Gasteiger partial charge in [0.25, 0.3) is 0 Å². The van der Waals surface area contributed by atoms with Gasteiger partial charge in [-0.1, -0.05) is 13.3 Å². The van der Waals surface area contributed by atoms with Gasteiger partial charge in [0.05, 0.1) is 0 Å². The Balaban J connectivity index is -0.0000000522. The maximum absolute atomic E-state index is 8.07. The second kappa shape index (κ2) is 23.5. The fourth-order valence-electron chi connectivity index (χ4n) is 0.158. The zero-order chi connectivity index (χ0) is 11.3. The van der Waals surface area contributed by atoms with Crippen LogP contribution in [0.3, 0.4) is 0 Å². The molecule has 0 fully saturated rings. The molecule has 0 radical (unpaired) electrons. The summed E-state index contributed by atoms with van der Waals surface area (Å²) in [6, 6.07) is 0. The zero-order valence-electron chi connectivity index (χ0n) is 10.1. The minimum absolute atomic E-state index is 0. The molecule has 0 aliphatic rings. The van der Waals surface area contributed by atoms with Crippen molar-refractivity contribution in [3.63, 3.8) is 0 Å². The second-order valence-electron chi connectivity index (χ2n) is 3.26. The first-order chi connectivity index (χ1) is 5.88. The van der Waals surface area contributed by atoms with Crippen LogP contribution in [0.1, 0.15) is 47.5 Å². The van der Waals surface area contributed by atoms with Crippen LogP contribution in [0, 0.1) is 0 Å². The molecule has 0 amide bonds. The summed E-state index contributed by atoms with van der Waals surface area (Å²) in [6.45, 7) is 9.28. The van der Waals surface area contributed by atoms with E-state index in [0.717, 1.165) is 12.8 Å². The first-order valence-corrected chi connectivity index (χ1v) is 4.85. The molecule has 0 aliphatic carbocycles. The topological polar surface area (TPSA) is 60.7 Å². The molecule has 3 nitrogen and oxygen atoms in total. The van der Waals surface area contributed by atoms with Crippen molar-refractivity contribution in [1.29, 1.82) is 0 Å². The Kier molecular flexibility index (Phi) is 40.6. The number of aliphatic hydroxyl groups is 3. The predicted octanol–water partition coefficient (Wildman–Crippen LogP) is 1.55. The van der Waals surface area contributed by atoms with Gasteiger partial charge in [0.2, 0.25) is 0 Å². The van der Waals surface area contributed by atoms with Gasteiger partial charge in [-0.25, -0.2) is 0 Å². The van der Waals surface area contributed by atoms with Crippen molar-refractivity contribution in [3.8, 4) is 0 Å². The van der Waals surface area contributed by atoms with Gasteiger partial charge in [0, 0.05) is 45.0 Å². The molecule has 0 saturated carbocycles. The molecule has 0 aliphatic heterocycles. The molecule has 0 aromatic heterocycles. The Morgan fingerprint density at radius 1 is 0.929 bits per heavy atom. The van der Waals surface area contributed by atoms with Crippen LogP contribution in [-0.2, 0) is 26.2 Å². The van der Waals surface area contributed by atoms with Gasteiger partial charge < -0.3 is 15.3 Å². The van der Waals surface area contributed by atoms with Crippen LogP contribution in [0.15, 0.2) is 0 Å². The monoisotopic (exact) mass is 284 g/mol. The van der Waals surface area contributed by atoms with Gasteiger partial charge in [0.15, 0.2) is 0 Å². The summed E-state index contributed by atoms with van der Waals surface area (Å²) in [5.41, 5.74) is 0. The quantitative estimate of drug-likeness (QED) is 0.721. The van der Waals surface area contributed by atoms with Gasteiger partial charge in [-0.2, -0.15) is 0 Å². The van der Waals surface area contributed by atoms with Crippen LogP contribution in [0.2, 0.25) is 0 Å². The fraction of sp³-hybridized carbons (Fsp3) is 1.00. The first-order valence-electron chi connectivity index (χ1n) is 4.85. The van der Waals surface area contributed by atoms with Crippen molar-refractivity contribution in [2.75, 3.05) is 6.61 Å². The van der Waals surface area contributed by atoms with Gasteiger partial charge in [-0.05, 0) is 34.1 Å². The molecular formula is C10H26O3Zr. The SMILES string of the molecule is CC(C)O.CC(C)O.CCCCO.[Zr]. The smallest absolute Gasteiger partial charge is 0.0483 e. The number of hydrogen-bond donors (Lipinski definition) is 3. The molecule has 0 heterocycles. The summed E-state index contributed by atoms with van der Waals surface area (Å²) in [5.74, 6) is 0. The largest absolute Gasteiger partial charge is 0.396 e. The summed E-state index contributed by atoms with van der Waals surface area (Å²) in [6.07, 6.45) is 1.70. The first kappa shape index (κ1) is 24.1. The summed E-state index contributed by atoms with van der Waals surface area (Å²) in [5, 5.41) is 24.2. The van der Waals surface area contributed by atoms with E-state index in [1.54, 1.807) is 27.7 Å². The maximum atomic E-state index is 8.07. The van der Waals surface area contributed by atoms with E-state index in [9.17, 15) is 0 Å². The van der Waals surface area contributed by atoms with E-state index < -0.39 is 0 Å². The van der Waals surface area contributed by atoms with E-state index in [-0.39, 0.29) is 38.4 Å². The summed E-state index contributed by atoms with van der Waals surface area (Å²) in [4.78, 5) is 0. The van der Waals surface area contributed by atoms with Crippen molar-refractivity contribution < 1.29 is 41.5 Å².